The zero-order valence-electron chi connectivity index (χ0n) is 13.4. The fraction of sp³-hybridized carbons (Fsp3) is 0.263. The second kappa shape index (κ2) is 6.74. The lowest BCUT2D eigenvalue weighted by Gasteiger charge is -2.24. The second-order valence-electron chi connectivity index (χ2n) is 5.88. The lowest BCUT2D eigenvalue weighted by atomic mass is 10.0. The molecule has 0 spiro atoms. The summed E-state index contributed by atoms with van der Waals surface area (Å²) in [5.74, 6) is -0.448. The Morgan fingerprint density at radius 1 is 1.08 bits per heavy atom. The highest BCUT2D eigenvalue weighted by Gasteiger charge is 2.38. The van der Waals surface area contributed by atoms with Crippen molar-refractivity contribution in [2.24, 2.45) is 5.92 Å². The molecule has 1 heterocycles. The van der Waals surface area contributed by atoms with E-state index in [0.717, 1.165) is 0 Å². The number of rotatable bonds is 4. The van der Waals surface area contributed by atoms with E-state index in [2.05, 4.69) is 0 Å². The first-order chi connectivity index (χ1) is 11.6. The van der Waals surface area contributed by atoms with Crippen molar-refractivity contribution in [2.75, 3.05) is 6.54 Å². The summed E-state index contributed by atoms with van der Waals surface area (Å²) in [5.41, 5.74) is 0.444. The van der Waals surface area contributed by atoms with Gasteiger partial charge in [-0.1, -0.05) is 30.3 Å². The maximum Gasteiger partial charge on any atom is 0.308 e. The Morgan fingerprint density at radius 2 is 1.75 bits per heavy atom. The summed E-state index contributed by atoms with van der Waals surface area (Å²) in [6.07, 6.45) is 0.476. The molecule has 1 aliphatic rings. The number of carboxylic acid groups (broad SMARTS) is 1. The van der Waals surface area contributed by atoms with Gasteiger partial charge >= 0.3 is 5.97 Å². The number of carboxylic acids is 1. The van der Waals surface area contributed by atoms with Crippen LogP contribution in [0.25, 0.3) is 0 Å². The van der Waals surface area contributed by atoms with E-state index in [-0.39, 0.29) is 11.9 Å². The maximum atomic E-state index is 12.9. The Balaban J connectivity index is 1.85. The van der Waals surface area contributed by atoms with Crippen LogP contribution in [0.15, 0.2) is 54.6 Å². The molecule has 5 heteroatoms. The van der Waals surface area contributed by atoms with E-state index in [1.165, 1.54) is 0 Å². The van der Waals surface area contributed by atoms with Crippen molar-refractivity contribution in [3.05, 3.63) is 60.2 Å². The Kier molecular flexibility index (Phi) is 4.51. The SMILES string of the molecule is CC1C(C(=O)O)CCN1C(=O)c1ccccc1Oc1ccccc1. The molecule has 2 atom stereocenters. The van der Waals surface area contributed by atoms with Crippen LogP contribution in [-0.2, 0) is 4.79 Å². The van der Waals surface area contributed by atoms with Gasteiger partial charge in [0.05, 0.1) is 11.5 Å². The van der Waals surface area contributed by atoms with E-state index >= 15 is 0 Å². The quantitative estimate of drug-likeness (QED) is 0.935. The van der Waals surface area contributed by atoms with E-state index < -0.39 is 11.9 Å². The van der Waals surface area contributed by atoms with Crippen LogP contribution in [-0.4, -0.2) is 34.5 Å². The molecule has 1 aliphatic heterocycles. The minimum absolute atomic E-state index is 0.196. The molecular weight excluding hydrogens is 306 g/mol. The van der Waals surface area contributed by atoms with Crippen LogP contribution in [0.4, 0.5) is 0 Å². The van der Waals surface area contributed by atoms with Gasteiger partial charge in [0, 0.05) is 12.6 Å². The van der Waals surface area contributed by atoms with Crippen LogP contribution in [0, 0.1) is 5.92 Å². The molecule has 0 bridgehead atoms. The molecule has 1 saturated heterocycles. The zero-order chi connectivity index (χ0) is 17.1. The lowest BCUT2D eigenvalue weighted by Crippen LogP contribution is -2.37. The highest BCUT2D eigenvalue weighted by Crippen LogP contribution is 2.30. The number of hydrogen-bond donors (Lipinski definition) is 1. The number of hydrogen-bond acceptors (Lipinski definition) is 3. The largest absolute Gasteiger partial charge is 0.481 e. The van der Waals surface area contributed by atoms with Gasteiger partial charge in [0.2, 0.25) is 0 Å². The first-order valence-corrected chi connectivity index (χ1v) is 7.93. The maximum absolute atomic E-state index is 12.9. The van der Waals surface area contributed by atoms with E-state index in [1.54, 1.807) is 30.0 Å². The molecule has 3 rings (SSSR count). The molecule has 2 unspecified atom stereocenters. The first-order valence-electron chi connectivity index (χ1n) is 7.93. The summed E-state index contributed by atoms with van der Waals surface area (Å²) in [6.45, 7) is 2.22. The number of ether oxygens (including phenoxy) is 1. The van der Waals surface area contributed by atoms with Crippen LogP contribution in [0.5, 0.6) is 11.5 Å². The third-order valence-electron chi connectivity index (χ3n) is 4.42. The third-order valence-corrected chi connectivity index (χ3v) is 4.42. The monoisotopic (exact) mass is 325 g/mol. The molecule has 5 nitrogen and oxygen atoms in total. The molecule has 1 N–H and O–H groups in total. The van der Waals surface area contributed by atoms with Crippen molar-refractivity contribution in [1.82, 2.24) is 4.90 Å². The van der Waals surface area contributed by atoms with Gasteiger partial charge in [-0.2, -0.15) is 0 Å². The predicted molar refractivity (Wildman–Crippen MR) is 89.2 cm³/mol. The van der Waals surface area contributed by atoms with Crippen molar-refractivity contribution in [1.29, 1.82) is 0 Å². The smallest absolute Gasteiger partial charge is 0.308 e. The third kappa shape index (κ3) is 3.11. The molecule has 2 aromatic rings. The van der Waals surface area contributed by atoms with Gasteiger partial charge in [-0.05, 0) is 37.6 Å². The Labute approximate surface area is 140 Å². The van der Waals surface area contributed by atoms with Crippen molar-refractivity contribution < 1.29 is 19.4 Å². The number of carbonyl (C=O) groups is 2. The minimum atomic E-state index is -0.855. The molecule has 124 valence electrons. The van der Waals surface area contributed by atoms with Crippen LogP contribution < -0.4 is 4.74 Å². The standard InChI is InChI=1S/C19H19NO4/c1-13-15(19(22)23)11-12-20(13)18(21)16-9-5-6-10-17(16)24-14-7-3-2-4-8-14/h2-10,13,15H,11-12H2,1H3,(H,22,23). The highest BCUT2D eigenvalue weighted by molar-refractivity contribution is 5.97. The number of aliphatic carboxylic acids is 1. The number of para-hydroxylation sites is 2. The van der Waals surface area contributed by atoms with E-state index in [1.807, 2.05) is 36.4 Å². The van der Waals surface area contributed by atoms with Crippen molar-refractivity contribution in [2.45, 2.75) is 19.4 Å². The summed E-state index contributed by atoms with van der Waals surface area (Å²) in [6, 6.07) is 16.0. The van der Waals surface area contributed by atoms with Crippen LogP contribution in [0.3, 0.4) is 0 Å². The average Bonchev–Trinajstić information content (AvgIpc) is 2.97. The number of nitrogens with zero attached hydrogens (tertiary/aromatic N) is 1. The molecule has 0 aliphatic carbocycles. The van der Waals surface area contributed by atoms with E-state index in [9.17, 15) is 14.7 Å². The molecule has 0 radical (unpaired) electrons. The van der Waals surface area contributed by atoms with Gasteiger partial charge in [-0.15, -0.1) is 0 Å². The number of benzene rings is 2. The molecule has 1 fully saturated rings. The molecule has 0 saturated carbocycles. The Hall–Kier alpha value is -2.82. The fourth-order valence-corrected chi connectivity index (χ4v) is 3.06. The molecular formula is C19H19NO4. The van der Waals surface area contributed by atoms with E-state index in [0.29, 0.717) is 30.0 Å². The van der Waals surface area contributed by atoms with Gasteiger partial charge in [0.15, 0.2) is 0 Å². The number of amides is 1. The molecule has 1 amide bonds. The summed E-state index contributed by atoms with van der Waals surface area (Å²) in [4.78, 5) is 25.8. The van der Waals surface area contributed by atoms with Crippen LogP contribution in [0.1, 0.15) is 23.7 Å². The summed E-state index contributed by atoms with van der Waals surface area (Å²) in [5, 5.41) is 9.24. The summed E-state index contributed by atoms with van der Waals surface area (Å²) < 4.78 is 5.84. The topological polar surface area (TPSA) is 66.8 Å². The summed E-state index contributed by atoms with van der Waals surface area (Å²) >= 11 is 0. The second-order valence-corrected chi connectivity index (χ2v) is 5.88. The lowest BCUT2D eigenvalue weighted by molar-refractivity contribution is -0.142. The highest BCUT2D eigenvalue weighted by atomic mass is 16.5. The minimum Gasteiger partial charge on any atom is -0.481 e. The number of carbonyl (C=O) groups excluding carboxylic acids is 1. The predicted octanol–water partition coefficient (Wildman–Crippen LogP) is 3.41. The van der Waals surface area contributed by atoms with Crippen molar-refractivity contribution in [3.8, 4) is 11.5 Å². The fourth-order valence-electron chi connectivity index (χ4n) is 3.06. The Bertz CT molecular complexity index is 744. The van der Waals surface area contributed by atoms with Gasteiger partial charge in [0.1, 0.15) is 11.5 Å². The van der Waals surface area contributed by atoms with Crippen molar-refractivity contribution >= 4 is 11.9 Å². The normalized spacial score (nSPS) is 20.0. The number of likely N-dealkylation sites (tertiary alicyclic amines) is 1. The zero-order valence-corrected chi connectivity index (χ0v) is 13.4. The van der Waals surface area contributed by atoms with Gasteiger partial charge in [-0.3, -0.25) is 9.59 Å². The van der Waals surface area contributed by atoms with Crippen molar-refractivity contribution in [3.63, 3.8) is 0 Å². The molecule has 2 aromatic carbocycles. The van der Waals surface area contributed by atoms with Crippen LogP contribution >= 0.6 is 0 Å². The Morgan fingerprint density at radius 3 is 2.42 bits per heavy atom. The summed E-state index contributed by atoms with van der Waals surface area (Å²) in [7, 11) is 0. The van der Waals surface area contributed by atoms with Gasteiger partial charge in [-0.25, -0.2) is 0 Å². The van der Waals surface area contributed by atoms with E-state index in [4.69, 9.17) is 4.74 Å². The molecule has 0 aromatic heterocycles. The first kappa shape index (κ1) is 16.1. The van der Waals surface area contributed by atoms with Crippen LogP contribution in [0.2, 0.25) is 0 Å². The molecule has 24 heavy (non-hydrogen) atoms. The van der Waals surface area contributed by atoms with Gasteiger partial charge < -0.3 is 14.7 Å². The average molecular weight is 325 g/mol. The van der Waals surface area contributed by atoms with Gasteiger partial charge in [0.25, 0.3) is 5.91 Å².